The number of anilines is 1. The smallest absolute Gasteiger partial charge is 0.261 e. The Hall–Kier alpha value is -3.13. The second-order valence-corrected chi connectivity index (χ2v) is 7.57. The van der Waals surface area contributed by atoms with Crippen molar-refractivity contribution in [2.24, 2.45) is 0 Å². The van der Waals surface area contributed by atoms with Crippen molar-refractivity contribution in [1.29, 1.82) is 0 Å². The van der Waals surface area contributed by atoms with Gasteiger partial charge in [0.1, 0.15) is 11.5 Å². The maximum absolute atomic E-state index is 12.7. The summed E-state index contributed by atoms with van der Waals surface area (Å²) in [4.78, 5) is 16.3. The molecule has 3 rings (SSSR count). The van der Waals surface area contributed by atoms with Gasteiger partial charge in [-0.1, -0.05) is 24.3 Å². The van der Waals surface area contributed by atoms with E-state index in [2.05, 4.69) is 15.0 Å². The molecule has 3 aromatic rings. The van der Waals surface area contributed by atoms with Gasteiger partial charge in [-0.05, 0) is 31.2 Å². The average molecular weight is 385 g/mol. The van der Waals surface area contributed by atoms with Crippen LogP contribution in [0.3, 0.4) is 0 Å². The van der Waals surface area contributed by atoms with Crippen molar-refractivity contribution in [3.63, 3.8) is 0 Å². The lowest BCUT2D eigenvalue weighted by Crippen LogP contribution is -2.21. The second-order valence-electron chi connectivity index (χ2n) is 5.89. The van der Waals surface area contributed by atoms with Crippen LogP contribution in [0.2, 0.25) is 0 Å². The number of hydrogen-bond donors (Lipinski definition) is 2. The lowest BCUT2D eigenvalue weighted by atomic mass is 10.1. The minimum Gasteiger partial charge on any atom is -0.446 e. The molecule has 0 saturated carbocycles. The number of carbonyl (C=O) groups is 1. The Kier molecular flexibility index (Phi) is 5.00. The number of nitrogens with zero attached hydrogens (tertiary/aromatic N) is 1. The highest BCUT2D eigenvalue weighted by atomic mass is 32.2. The maximum Gasteiger partial charge on any atom is 0.261 e. The van der Waals surface area contributed by atoms with Crippen molar-refractivity contribution >= 4 is 21.6 Å². The summed E-state index contributed by atoms with van der Waals surface area (Å²) >= 11 is 0. The molecule has 0 radical (unpaired) electrons. The van der Waals surface area contributed by atoms with Crippen LogP contribution >= 0.6 is 0 Å². The third-order valence-corrected chi connectivity index (χ3v) is 5.37. The number of hydrogen-bond acceptors (Lipinski definition) is 5. The summed E-state index contributed by atoms with van der Waals surface area (Å²) in [6.07, 6.45) is 0. The first kappa shape index (κ1) is 18.7. The zero-order chi connectivity index (χ0) is 19.6. The summed E-state index contributed by atoms with van der Waals surface area (Å²) in [5.74, 6) is 0.841. The molecular formula is C19H19N3O4S. The van der Waals surface area contributed by atoms with Crippen molar-refractivity contribution in [2.75, 3.05) is 11.8 Å². The van der Waals surface area contributed by atoms with Crippen molar-refractivity contribution < 1.29 is 17.6 Å². The van der Waals surface area contributed by atoms with Crippen LogP contribution < -0.4 is 10.0 Å². The molecule has 0 spiro atoms. The van der Waals surface area contributed by atoms with Crippen LogP contribution in [0.25, 0.3) is 11.3 Å². The Balaban J connectivity index is 1.90. The average Bonchev–Trinajstić information content (AvgIpc) is 2.99. The quantitative estimate of drug-likeness (QED) is 0.703. The largest absolute Gasteiger partial charge is 0.446 e. The third kappa shape index (κ3) is 3.85. The normalized spacial score (nSPS) is 11.2. The van der Waals surface area contributed by atoms with Crippen LogP contribution in [0.15, 0.2) is 57.8 Å². The molecule has 1 heterocycles. The van der Waals surface area contributed by atoms with Gasteiger partial charge in [-0.25, -0.2) is 13.4 Å². The molecule has 140 valence electrons. The highest BCUT2D eigenvalue weighted by molar-refractivity contribution is 7.92. The van der Waals surface area contributed by atoms with Crippen LogP contribution in [0.5, 0.6) is 0 Å². The highest BCUT2D eigenvalue weighted by Crippen LogP contribution is 2.26. The first-order chi connectivity index (χ1) is 12.8. The summed E-state index contributed by atoms with van der Waals surface area (Å²) in [6, 6.07) is 12.7. The van der Waals surface area contributed by atoms with E-state index in [0.717, 1.165) is 5.56 Å². The van der Waals surface area contributed by atoms with Crippen molar-refractivity contribution in [3.05, 3.63) is 65.7 Å². The van der Waals surface area contributed by atoms with Crippen LogP contribution in [-0.4, -0.2) is 26.4 Å². The molecule has 0 bridgehead atoms. The van der Waals surface area contributed by atoms with Gasteiger partial charge >= 0.3 is 0 Å². The predicted molar refractivity (Wildman–Crippen MR) is 102 cm³/mol. The molecule has 0 fully saturated rings. The highest BCUT2D eigenvalue weighted by Gasteiger charge is 2.19. The van der Waals surface area contributed by atoms with E-state index in [9.17, 15) is 13.2 Å². The van der Waals surface area contributed by atoms with Crippen molar-refractivity contribution in [3.8, 4) is 11.3 Å². The first-order valence-corrected chi connectivity index (χ1v) is 9.68. The van der Waals surface area contributed by atoms with Crippen molar-refractivity contribution in [2.45, 2.75) is 18.7 Å². The second kappa shape index (κ2) is 7.24. The van der Waals surface area contributed by atoms with Gasteiger partial charge in [0, 0.05) is 19.5 Å². The number of sulfonamides is 1. The summed E-state index contributed by atoms with van der Waals surface area (Å²) < 4.78 is 33.3. The molecule has 0 aliphatic rings. The Morgan fingerprint density at radius 2 is 1.70 bits per heavy atom. The number of para-hydroxylation sites is 1. The van der Waals surface area contributed by atoms with E-state index in [1.807, 2.05) is 0 Å². The molecule has 0 saturated heterocycles. The monoisotopic (exact) mass is 385 g/mol. The summed E-state index contributed by atoms with van der Waals surface area (Å²) in [6.45, 7) is 3.56. The van der Waals surface area contributed by atoms with Crippen LogP contribution in [0.4, 0.5) is 5.69 Å². The van der Waals surface area contributed by atoms with Gasteiger partial charge in [0.25, 0.3) is 15.9 Å². The summed E-state index contributed by atoms with van der Waals surface area (Å²) in [5, 5.41) is 2.49. The zero-order valence-corrected chi connectivity index (χ0v) is 15.9. The van der Waals surface area contributed by atoms with E-state index >= 15 is 0 Å². The van der Waals surface area contributed by atoms with Gasteiger partial charge in [-0.3, -0.25) is 9.52 Å². The molecule has 1 amide bonds. The van der Waals surface area contributed by atoms with Gasteiger partial charge < -0.3 is 9.73 Å². The van der Waals surface area contributed by atoms with E-state index < -0.39 is 10.0 Å². The lowest BCUT2D eigenvalue weighted by molar-refractivity contribution is 0.0964. The molecule has 2 aromatic carbocycles. The minimum absolute atomic E-state index is 0.0795. The fraction of sp³-hybridized carbons (Fsp3) is 0.158. The number of benzene rings is 2. The Morgan fingerprint density at radius 1 is 1.04 bits per heavy atom. The number of rotatable bonds is 5. The predicted octanol–water partition coefficient (Wildman–Crippen LogP) is 3.12. The number of aryl methyl sites for hydroxylation is 2. The Bertz CT molecular complexity index is 1090. The van der Waals surface area contributed by atoms with E-state index in [1.54, 1.807) is 44.2 Å². The molecule has 0 aliphatic heterocycles. The molecule has 0 atom stereocenters. The molecule has 1 aromatic heterocycles. The van der Waals surface area contributed by atoms with Gasteiger partial charge in [0.15, 0.2) is 5.89 Å². The molecule has 8 heteroatoms. The number of nitrogens with one attached hydrogen (secondary N) is 2. The van der Waals surface area contributed by atoms with Crippen LogP contribution in [0, 0.1) is 13.8 Å². The molecule has 2 N–H and O–H groups in total. The molecular weight excluding hydrogens is 366 g/mol. The Labute approximate surface area is 157 Å². The van der Waals surface area contributed by atoms with Crippen molar-refractivity contribution in [1.82, 2.24) is 10.3 Å². The SMILES string of the molecule is CNC(=O)c1ccccc1NS(=O)(=O)c1ccc(-c2nc(C)oc2C)cc1. The molecule has 27 heavy (non-hydrogen) atoms. The van der Waals surface area contributed by atoms with Gasteiger partial charge in [0.05, 0.1) is 16.1 Å². The summed E-state index contributed by atoms with van der Waals surface area (Å²) in [7, 11) is -2.37. The maximum atomic E-state index is 12.7. The van der Waals surface area contributed by atoms with Gasteiger partial charge in [-0.2, -0.15) is 0 Å². The summed E-state index contributed by atoms with van der Waals surface area (Å²) in [5.41, 5.74) is 1.89. The van der Waals surface area contributed by atoms with E-state index in [1.165, 1.54) is 25.2 Å². The number of amides is 1. The minimum atomic E-state index is -3.86. The van der Waals surface area contributed by atoms with E-state index in [-0.39, 0.29) is 22.1 Å². The number of carbonyl (C=O) groups excluding carboxylic acids is 1. The number of oxazole rings is 1. The van der Waals surface area contributed by atoms with E-state index in [4.69, 9.17) is 4.42 Å². The van der Waals surface area contributed by atoms with Gasteiger partial charge in [0.2, 0.25) is 0 Å². The van der Waals surface area contributed by atoms with Crippen LogP contribution in [-0.2, 0) is 10.0 Å². The first-order valence-electron chi connectivity index (χ1n) is 8.20. The fourth-order valence-electron chi connectivity index (χ4n) is 2.70. The topological polar surface area (TPSA) is 101 Å². The van der Waals surface area contributed by atoms with Gasteiger partial charge in [-0.15, -0.1) is 0 Å². The fourth-order valence-corrected chi connectivity index (χ4v) is 3.78. The van der Waals surface area contributed by atoms with Crippen LogP contribution in [0.1, 0.15) is 22.0 Å². The number of aromatic nitrogens is 1. The standard InChI is InChI=1S/C19H19N3O4S/c1-12-18(21-13(2)26-12)14-8-10-15(11-9-14)27(24,25)22-17-7-5-4-6-16(17)19(23)20-3/h4-11,22H,1-3H3,(H,20,23). The molecule has 7 nitrogen and oxygen atoms in total. The lowest BCUT2D eigenvalue weighted by Gasteiger charge is -2.12. The van der Waals surface area contributed by atoms with E-state index in [0.29, 0.717) is 17.3 Å². The Morgan fingerprint density at radius 3 is 2.30 bits per heavy atom. The molecule has 0 aliphatic carbocycles. The molecule has 0 unspecified atom stereocenters. The zero-order valence-electron chi connectivity index (χ0n) is 15.1. The third-order valence-electron chi connectivity index (χ3n) is 3.98.